The van der Waals surface area contributed by atoms with Crippen molar-refractivity contribution in [3.05, 3.63) is 195 Å². The Morgan fingerprint density at radius 1 is 0.354 bits per heavy atom. The number of para-hydroxylation sites is 2. The van der Waals surface area contributed by atoms with E-state index < -0.39 is 0 Å². The summed E-state index contributed by atoms with van der Waals surface area (Å²) in [5.41, 5.74) is 12.1. The lowest BCUT2D eigenvalue weighted by Crippen LogP contribution is -1.96. The number of fused-ring (bicyclic) bond motifs is 7. The molecule has 2 heterocycles. The van der Waals surface area contributed by atoms with Crippen LogP contribution in [0.3, 0.4) is 0 Å². The third-order valence-corrected chi connectivity index (χ3v) is 9.08. The molecule has 0 radical (unpaired) electrons. The fraction of sp³-hybridized carbons (Fsp3) is 0. The van der Waals surface area contributed by atoms with Crippen LogP contribution in [0.15, 0.2) is 195 Å². The predicted octanol–water partition coefficient (Wildman–Crippen LogP) is 12.6. The SMILES string of the molecule is C=CC=C.c1ccc(-c2ccc(-n3c4ccccc4c4ccc5c(c6ccccc6n5-c5cccc(-c6ccccc6)c5)c43)cc2)cc1. The molecule has 228 valence electrons. The van der Waals surface area contributed by atoms with Gasteiger partial charge in [0.05, 0.1) is 22.1 Å². The van der Waals surface area contributed by atoms with Gasteiger partial charge in [-0.15, -0.1) is 0 Å². The lowest BCUT2D eigenvalue weighted by Gasteiger charge is -2.12. The Kier molecular flexibility index (Phi) is 7.52. The van der Waals surface area contributed by atoms with Crippen LogP contribution < -0.4 is 0 Å². The summed E-state index contributed by atoms with van der Waals surface area (Å²) in [7, 11) is 0. The van der Waals surface area contributed by atoms with Crippen LogP contribution in [-0.2, 0) is 0 Å². The Hall–Kier alpha value is -6.38. The average Bonchev–Trinajstić information content (AvgIpc) is 3.69. The first kappa shape index (κ1) is 29.1. The molecule has 48 heavy (non-hydrogen) atoms. The molecule has 0 aliphatic rings. The highest BCUT2D eigenvalue weighted by atomic mass is 15.0. The molecule has 2 nitrogen and oxygen atoms in total. The largest absolute Gasteiger partial charge is 0.309 e. The van der Waals surface area contributed by atoms with Crippen molar-refractivity contribution in [2.45, 2.75) is 0 Å². The topological polar surface area (TPSA) is 9.86 Å². The van der Waals surface area contributed by atoms with Crippen LogP contribution >= 0.6 is 0 Å². The number of hydrogen-bond donors (Lipinski definition) is 0. The first-order chi connectivity index (χ1) is 23.8. The predicted molar refractivity (Wildman–Crippen MR) is 206 cm³/mol. The van der Waals surface area contributed by atoms with E-state index in [0.717, 1.165) is 11.4 Å². The Morgan fingerprint density at radius 3 is 1.56 bits per heavy atom. The summed E-state index contributed by atoms with van der Waals surface area (Å²) >= 11 is 0. The lowest BCUT2D eigenvalue weighted by molar-refractivity contribution is 1.17. The summed E-state index contributed by atoms with van der Waals surface area (Å²) in [5.74, 6) is 0. The summed E-state index contributed by atoms with van der Waals surface area (Å²) < 4.78 is 4.88. The molecule has 0 spiro atoms. The molecule has 0 fully saturated rings. The third-order valence-electron chi connectivity index (χ3n) is 9.08. The van der Waals surface area contributed by atoms with Crippen molar-refractivity contribution in [1.82, 2.24) is 9.13 Å². The van der Waals surface area contributed by atoms with E-state index in [-0.39, 0.29) is 0 Å². The Labute approximate surface area is 280 Å². The zero-order valence-corrected chi connectivity index (χ0v) is 26.6. The molecule has 7 aromatic carbocycles. The smallest absolute Gasteiger partial charge is 0.0641 e. The van der Waals surface area contributed by atoms with Crippen molar-refractivity contribution in [3.8, 4) is 33.6 Å². The van der Waals surface area contributed by atoms with Gasteiger partial charge >= 0.3 is 0 Å². The van der Waals surface area contributed by atoms with E-state index in [4.69, 9.17) is 0 Å². The van der Waals surface area contributed by atoms with Crippen molar-refractivity contribution in [2.75, 3.05) is 0 Å². The minimum atomic E-state index is 1.16. The van der Waals surface area contributed by atoms with Crippen molar-refractivity contribution in [1.29, 1.82) is 0 Å². The summed E-state index contributed by atoms with van der Waals surface area (Å²) in [6.07, 6.45) is 3.28. The Balaban J connectivity index is 0.000000799. The lowest BCUT2D eigenvalue weighted by atomic mass is 10.1. The molecule has 0 atom stereocenters. The van der Waals surface area contributed by atoms with Crippen LogP contribution in [0.1, 0.15) is 0 Å². The summed E-state index contributed by atoms with van der Waals surface area (Å²) in [4.78, 5) is 0. The first-order valence-corrected chi connectivity index (χ1v) is 16.3. The quantitative estimate of drug-likeness (QED) is 0.171. The van der Waals surface area contributed by atoms with Crippen molar-refractivity contribution in [2.24, 2.45) is 0 Å². The first-order valence-electron chi connectivity index (χ1n) is 16.3. The molecule has 0 aliphatic carbocycles. The number of aromatic nitrogens is 2. The molecule has 0 saturated heterocycles. The third kappa shape index (κ3) is 4.92. The summed E-state index contributed by atoms with van der Waals surface area (Å²) in [6.45, 7) is 6.72. The standard InChI is InChI=1S/C42H28N2.C4H6/c1-3-12-29(13-4-1)31-22-24-33(25-23-31)44-38-20-9-7-18-35(38)36-26-27-40-41(42(36)44)37-19-8-10-21-39(37)43(40)34-17-11-16-32(28-34)30-14-5-2-6-15-30;1-3-4-2/h1-28H;3-4H,1-2H2. The molecular formula is C46H34N2. The van der Waals surface area contributed by atoms with Gasteiger partial charge in [0.1, 0.15) is 0 Å². The van der Waals surface area contributed by atoms with E-state index >= 15 is 0 Å². The Bertz CT molecular complexity index is 2560. The van der Waals surface area contributed by atoms with E-state index in [1.807, 2.05) is 0 Å². The molecule has 0 bridgehead atoms. The van der Waals surface area contributed by atoms with Gasteiger partial charge in [-0.2, -0.15) is 0 Å². The normalized spacial score (nSPS) is 11.1. The molecule has 9 aromatic rings. The summed E-state index contributed by atoms with van der Waals surface area (Å²) in [6, 6.07) is 61.3. The molecule has 2 heteroatoms. The van der Waals surface area contributed by atoms with Crippen LogP contribution in [0.5, 0.6) is 0 Å². The van der Waals surface area contributed by atoms with E-state index in [1.54, 1.807) is 12.2 Å². The monoisotopic (exact) mass is 614 g/mol. The average molecular weight is 615 g/mol. The van der Waals surface area contributed by atoms with Crippen molar-refractivity contribution >= 4 is 43.6 Å². The highest BCUT2D eigenvalue weighted by Crippen LogP contribution is 2.42. The van der Waals surface area contributed by atoms with Gasteiger partial charge in [-0.05, 0) is 64.7 Å². The second-order valence-electron chi connectivity index (χ2n) is 11.9. The van der Waals surface area contributed by atoms with Crippen LogP contribution in [0, 0.1) is 0 Å². The minimum Gasteiger partial charge on any atom is -0.309 e. The number of rotatable bonds is 5. The Morgan fingerprint density at radius 2 is 0.896 bits per heavy atom. The maximum absolute atomic E-state index is 3.36. The van der Waals surface area contributed by atoms with Gasteiger partial charge in [-0.25, -0.2) is 0 Å². The van der Waals surface area contributed by atoms with Crippen molar-refractivity contribution in [3.63, 3.8) is 0 Å². The van der Waals surface area contributed by atoms with E-state index in [0.29, 0.717) is 0 Å². The maximum atomic E-state index is 3.36. The zero-order valence-electron chi connectivity index (χ0n) is 26.6. The van der Waals surface area contributed by atoms with Gasteiger partial charge in [0.25, 0.3) is 0 Å². The summed E-state index contributed by atoms with van der Waals surface area (Å²) in [5, 5.41) is 5.05. The molecule has 9 rings (SSSR count). The van der Waals surface area contributed by atoms with Gasteiger partial charge < -0.3 is 9.13 Å². The van der Waals surface area contributed by atoms with Crippen LogP contribution in [0.25, 0.3) is 77.2 Å². The number of nitrogens with zero attached hydrogens (tertiary/aromatic N) is 2. The molecular weight excluding hydrogens is 581 g/mol. The zero-order chi connectivity index (χ0) is 32.5. The molecule has 0 N–H and O–H groups in total. The molecule has 0 unspecified atom stereocenters. The number of hydrogen-bond acceptors (Lipinski definition) is 0. The van der Waals surface area contributed by atoms with Crippen LogP contribution in [-0.4, -0.2) is 9.13 Å². The van der Waals surface area contributed by atoms with Gasteiger partial charge in [0, 0.05) is 32.9 Å². The van der Waals surface area contributed by atoms with E-state index in [2.05, 4.69) is 192 Å². The van der Waals surface area contributed by atoms with Gasteiger partial charge in [-0.1, -0.05) is 153 Å². The van der Waals surface area contributed by atoms with Crippen molar-refractivity contribution < 1.29 is 0 Å². The van der Waals surface area contributed by atoms with Gasteiger partial charge in [0.15, 0.2) is 0 Å². The van der Waals surface area contributed by atoms with Gasteiger partial charge in [0.2, 0.25) is 0 Å². The maximum Gasteiger partial charge on any atom is 0.0641 e. The molecule has 0 amide bonds. The van der Waals surface area contributed by atoms with Crippen LogP contribution in [0.4, 0.5) is 0 Å². The van der Waals surface area contributed by atoms with Crippen LogP contribution in [0.2, 0.25) is 0 Å². The number of benzene rings is 7. The highest BCUT2D eigenvalue weighted by molar-refractivity contribution is 6.26. The van der Waals surface area contributed by atoms with Gasteiger partial charge in [-0.3, -0.25) is 0 Å². The second kappa shape index (κ2) is 12.4. The fourth-order valence-corrected chi connectivity index (χ4v) is 6.94. The second-order valence-corrected chi connectivity index (χ2v) is 11.9. The fourth-order valence-electron chi connectivity index (χ4n) is 6.94. The molecule has 0 aliphatic heterocycles. The highest BCUT2D eigenvalue weighted by Gasteiger charge is 2.20. The number of allylic oxidation sites excluding steroid dienone is 2. The molecule has 2 aromatic heterocycles. The minimum absolute atomic E-state index is 1.16. The molecule has 0 saturated carbocycles. The van der Waals surface area contributed by atoms with E-state index in [1.165, 1.54) is 65.9 Å². The van der Waals surface area contributed by atoms with E-state index in [9.17, 15) is 0 Å².